The summed E-state index contributed by atoms with van der Waals surface area (Å²) in [5.41, 5.74) is 1.19. The van der Waals surface area contributed by atoms with E-state index in [4.69, 9.17) is 0 Å². The lowest BCUT2D eigenvalue weighted by Gasteiger charge is -2.56. The molecular formula is C26H34N4O3. The summed E-state index contributed by atoms with van der Waals surface area (Å²) < 4.78 is 1.80. The number of hydrogen-bond donors (Lipinski definition) is 3. The number of nitrogens with zero attached hydrogens (tertiary/aromatic N) is 2. The first-order valence-corrected chi connectivity index (χ1v) is 12.7. The zero-order valence-corrected chi connectivity index (χ0v) is 19.1. The number of amides is 2. The van der Waals surface area contributed by atoms with Gasteiger partial charge in [-0.1, -0.05) is 6.07 Å². The molecule has 5 aliphatic rings. The molecule has 0 aliphatic heterocycles. The van der Waals surface area contributed by atoms with Gasteiger partial charge in [0.1, 0.15) is 17.2 Å². The fraction of sp³-hybridized carbons (Fsp3) is 0.654. The number of aromatic nitrogens is 2. The smallest absolute Gasteiger partial charge is 0.271 e. The van der Waals surface area contributed by atoms with Gasteiger partial charge < -0.3 is 15.7 Å². The first-order chi connectivity index (χ1) is 15.9. The summed E-state index contributed by atoms with van der Waals surface area (Å²) in [6, 6.07) is 5.66. The summed E-state index contributed by atoms with van der Waals surface area (Å²) in [5.74, 6) is 3.02. The van der Waals surface area contributed by atoms with Crippen molar-refractivity contribution in [3.05, 3.63) is 30.1 Å². The lowest BCUT2D eigenvalue weighted by Crippen LogP contribution is -2.47. The van der Waals surface area contributed by atoms with Crippen molar-refractivity contribution in [1.29, 1.82) is 0 Å². The number of hydrogen-bond acceptors (Lipinski definition) is 4. The normalized spacial score (nSPS) is 35.0. The first-order valence-electron chi connectivity index (χ1n) is 12.7. The number of pyridine rings is 1. The third kappa shape index (κ3) is 4.16. The Morgan fingerprint density at radius 1 is 1.03 bits per heavy atom. The number of anilines is 1. The molecule has 2 amide bonds. The Balaban J connectivity index is 1.14. The van der Waals surface area contributed by atoms with Crippen LogP contribution in [0.3, 0.4) is 0 Å². The van der Waals surface area contributed by atoms with Crippen molar-refractivity contribution < 1.29 is 14.7 Å². The fourth-order valence-corrected chi connectivity index (χ4v) is 7.74. The van der Waals surface area contributed by atoms with E-state index < -0.39 is 0 Å². The fourth-order valence-electron chi connectivity index (χ4n) is 7.74. The Bertz CT molecular complexity index is 1030. The van der Waals surface area contributed by atoms with Crippen LogP contribution in [0.1, 0.15) is 81.1 Å². The second kappa shape index (κ2) is 8.12. The topological polar surface area (TPSA) is 95.7 Å². The van der Waals surface area contributed by atoms with Crippen LogP contribution in [-0.4, -0.2) is 38.5 Å². The van der Waals surface area contributed by atoms with Gasteiger partial charge in [-0.25, -0.2) is 4.98 Å². The molecule has 2 aromatic rings. The molecule has 5 saturated carbocycles. The molecule has 0 unspecified atom stereocenters. The summed E-state index contributed by atoms with van der Waals surface area (Å²) in [4.78, 5) is 30.4. The highest BCUT2D eigenvalue weighted by molar-refractivity contribution is 5.94. The number of fused-ring (bicyclic) bond motifs is 1. The highest BCUT2D eigenvalue weighted by Gasteiger charge is 2.51. The summed E-state index contributed by atoms with van der Waals surface area (Å²) in [6.07, 6.45) is 12.8. The van der Waals surface area contributed by atoms with E-state index in [0.29, 0.717) is 23.6 Å². The van der Waals surface area contributed by atoms with Crippen molar-refractivity contribution in [2.75, 3.05) is 5.32 Å². The van der Waals surface area contributed by atoms with Gasteiger partial charge in [0.2, 0.25) is 5.91 Å². The average Bonchev–Trinajstić information content (AvgIpc) is 3.20. The molecule has 0 atom stereocenters. The van der Waals surface area contributed by atoms with Gasteiger partial charge in [-0.05, 0) is 99.5 Å². The van der Waals surface area contributed by atoms with Crippen LogP contribution in [0.4, 0.5) is 5.82 Å². The molecule has 3 N–H and O–H groups in total. The van der Waals surface area contributed by atoms with Crippen molar-refractivity contribution in [3.63, 3.8) is 0 Å². The van der Waals surface area contributed by atoms with E-state index in [-0.39, 0.29) is 29.4 Å². The minimum absolute atomic E-state index is 0.0740. The van der Waals surface area contributed by atoms with Crippen LogP contribution >= 0.6 is 0 Å². The molecule has 4 bridgehead atoms. The van der Waals surface area contributed by atoms with Gasteiger partial charge in [-0.15, -0.1) is 0 Å². The van der Waals surface area contributed by atoms with Gasteiger partial charge in [0.15, 0.2) is 0 Å². The number of aliphatic hydroxyl groups excluding tert-OH is 1. The molecule has 0 saturated heterocycles. The SMILES string of the molecule is O=C(CC12CC3CC(CC(C3)C1)C2)Nc1cccc2nc(C(=O)NC3CCC(O)CC3)cn12. The zero-order chi connectivity index (χ0) is 22.6. The predicted molar refractivity (Wildman–Crippen MR) is 125 cm³/mol. The highest BCUT2D eigenvalue weighted by atomic mass is 16.3. The van der Waals surface area contributed by atoms with Crippen LogP contribution in [0, 0.1) is 23.2 Å². The number of rotatable bonds is 5. The molecule has 5 aliphatic carbocycles. The van der Waals surface area contributed by atoms with E-state index in [1.807, 2.05) is 18.2 Å². The minimum atomic E-state index is -0.252. The highest BCUT2D eigenvalue weighted by Crippen LogP contribution is 2.61. The van der Waals surface area contributed by atoms with E-state index in [1.165, 1.54) is 38.5 Å². The Kier molecular flexibility index (Phi) is 5.20. The van der Waals surface area contributed by atoms with E-state index in [1.54, 1.807) is 10.6 Å². The van der Waals surface area contributed by atoms with E-state index in [0.717, 1.165) is 43.4 Å². The van der Waals surface area contributed by atoms with Gasteiger partial charge in [-0.2, -0.15) is 0 Å². The van der Waals surface area contributed by atoms with Crippen molar-refractivity contribution in [1.82, 2.24) is 14.7 Å². The number of imidazole rings is 1. The molecular weight excluding hydrogens is 416 g/mol. The van der Waals surface area contributed by atoms with E-state index in [2.05, 4.69) is 15.6 Å². The Hall–Kier alpha value is -2.41. The first kappa shape index (κ1) is 21.1. The predicted octanol–water partition coefficient (Wildman–Crippen LogP) is 3.91. The Morgan fingerprint density at radius 3 is 2.36 bits per heavy atom. The molecule has 7 heteroatoms. The van der Waals surface area contributed by atoms with Crippen molar-refractivity contribution in [3.8, 4) is 0 Å². The number of aliphatic hydroxyl groups is 1. The molecule has 0 aromatic carbocycles. The number of carbonyl (C=O) groups is 2. The summed E-state index contributed by atoms with van der Waals surface area (Å²) in [7, 11) is 0. The summed E-state index contributed by atoms with van der Waals surface area (Å²) >= 11 is 0. The quantitative estimate of drug-likeness (QED) is 0.644. The van der Waals surface area contributed by atoms with Crippen molar-refractivity contribution >= 4 is 23.3 Å². The average molecular weight is 451 g/mol. The summed E-state index contributed by atoms with van der Waals surface area (Å²) in [5, 5.41) is 15.9. The molecule has 7 nitrogen and oxygen atoms in total. The molecule has 2 aromatic heterocycles. The molecule has 176 valence electrons. The Morgan fingerprint density at radius 2 is 1.70 bits per heavy atom. The van der Waals surface area contributed by atoms with Gasteiger partial charge in [0, 0.05) is 18.7 Å². The molecule has 5 fully saturated rings. The van der Waals surface area contributed by atoms with Crippen LogP contribution in [0.2, 0.25) is 0 Å². The standard InChI is InChI=1S/C26H34N4O3/c31-20-6-4-19(5-7-20)27-25(33)21-15-30-22(28-21)2-1-3-23(30)29-24(32)14-26-11-16-8-17(12-26)10-18(9-16)13-26/h1-3,15-20,31H,4-14H2,(H,27,33)(H,29,32). The van der Waals surface area contributed by atoms with Crippen LogP contribution in [0.5, 0.6) is 0 Å². The van der Waals surface area contributed by atoms with Crippen LogP contribution in [-0.2, 0) is 4.79 Å². The second-order valence-corrected chi connectivity index (χ2v) is 11.4. The monoisotopic (exact) mass is 450 g/mol. The van der Waals surface area contributed by atoms with Gasteiger partial charge in [-0.3, -0.25) is 14.0 Å². The molecule has 33 heavy (non-hydrogen) atoms. The third-order valence-electron chi connectivity index (χ3n) is 8.72. The van der Waals surface area contributed by atoms with Crippen molar-refractivity contribution in [2.24, 2.45) is 23.2 Å². The van der Waals surface area contributed by atoms with Gasteiger partial charge in [0.05, 0.1) is 6.10 Å². The third-order valence-corrected chi connectivity index (χ3v) is 8.72. The number of nitrogens with one attached hydrogen (secondary N) is 2. The number of carbonyl (C=O) groups excluding carboxylic acids is 2. The molecule has 0 spiro atoms. The maximum absolute atomic E-state index is 13.1. The molecule has 2 heterocycles. The lowest BCUT2D eigenvalue weighted by molar-refractivity contribution is -0.124. The second-order valence-electron chi connectivity index (χ2n) is 11.4. The lowest BCUT2D eigenvalue weighted by atomic mass is 9.49. The summed E-state index contributed by atoms with van der Waals surface area (Å²) in [6.45, 7) is 0. The van der Waals surface area contributed by atoms with Crippen LogP contribution < -0.4 is 10.6 Å². The van der Waals surface area contributed by atoms with E-state index >= 15 is 0 Å². The molecule has 7 rings (SSSR count). The Labute approximate surface area is 194 Å². The molecule has 0 radical (unpaired) electrons. The van der Waals surface area contributed by atoms with Crippen LogP contribution in [0.15, 0.2) is 24.4 Å². The van der Waals surface area contributed by atoms with Gasteiger partial charge >= 0.3 is 0 Å². The minimum Gasteiger partial charge on any atom is -0.393 e. The largest absolute Gasteiger partial charge is 0.393 e. The van der Waals surface area contributed by atoms with Crippen LogP contribution in [0.25, 0.3) is 5.65 Å². The van der Waals surface area contributed by atoms with E-state index in [9.17, 15) is 14.7 Å². The zero-order valence-electron chi connectivity index (χ0n) is 19.1. The maximum Gasteiger partial charge on any atom is 0.271 e. The van der Waals surface area contributed by atoms with Crippen molar-refractivity contribution in [2.45, 2.75) is 82.8 Å². The maximum atomic E-state index is 13.1. The van der Waals surface area contributed by atoms with Gasteiger partial charge in [0.25, 0.3) is 5.91 Å².